The Morgan fingerprint density at radius 3 is 2.63 bits per heavy atom. The lowest BCUT2D eigenvalue weighted by atomic mass is 10.2. The topological polar surface area (TPSA) is 41.1 Å². The van der Waals surface area contributed by atoms with E-state index in [1.165, 1.54) is 0 Å². The van der Waals surface area contributed by atoms with Crippen LogP contribution < -0.4 is 10.2 Å². The first-order chi connectivity index (χ1) is 9.30. The number of nitrogens with zero attached hydrogens (tertiary/aromatic N) is 3. The van der Waals surface area contributed by atoms with Gasteiger partial charge in [0, 0.05) is 25.0 Å². The molecule has 2 aromatic rings. The summed E-state index contributed by atoms with van der Waals surface area (Å²) < 4.78 is 0. The molecule has 0 unspecified atom stereocenters. The van der Waals surface area contributed by atoms with E-state index in [-0.39, 0.29) is 0 Å². The minimum atomic E-state index is 0.693. The molecule has 0 saturated heterocycles. The lowest BCUT2D eigenvalue weighted by Gasteiger charge is -2.20. The fraction of sp³-hybridized carbons (Fsp3) is 0.333. The predicted octanol–water partition coefficient (Wildman–Crippen LogP) is 3.07. The normalized spacial score (nSPS) is 10.4. The summed E-state index contributed by atoms with van der Waals surface area (Å²) in [5.41, 5.74) is 0.964. The predicted molar refractivity (Wildman–Crippen MR) is 81.8 cm³/mol. The molecular formula is C15H20N4. The van der Waals surface area contributed by atoms with Crippen molar-refractivity contribution in [2.45, 2.75) is 13.8 Å². The average molecular weight is 256 g/mol. The van der Waals surface area contributed by atoms with Crippen LogP contribution in [0.5, 0.6) is 0 Å². The first kappa shape index (κ1) is 13.3. The first-order valence-electron chi connectivity index (χ1n) is 6.66. The molecule has 0 aliphatic heterocycles. The SMILES string of the molecule is C=CCNc1nc(N(CC)CC)nc2ccccc12. The molecular weight excluding hydrogens is 236 g/mol. The van der Waals surface area contributed by atoms with E-state index in [1.807, 2.05) is 30.3 Å². The summed E-state index contributed by atoms with van der Waals surface area (Å²) in [6, 6.07) is 8.05. The Hall–Kier alpha value is -2.10. The number of rotatable bonds is 6. The molecule has 0 aliphatic carbocycles. The Balaban J connectivity index is 2.52. The number of nitrogens with one attached hydrogen (secondary N) is 1. The van der Waals surface area contributed by atoms with Gasteiger partial charge in [-0.3, -0.25) is 0 Å². The fourth-order valence-electron chi connectivity index (χ4n) is 2.02. The Morgan fingerprint density at radius 1 is 1.21 bits per heavy atom. The zero-order valence-electron chi connectivity index (χ0n) is 11.6. The van der Waals surface area contributed by atoms with Gasteiger partial charge in [-0.05, 0) is 26.0 Å². The number of benzene rings is 1. The first-order valence-corrected chi connectivity index (χ1v) is 6.66. The van der Waals surface area contributed by atoms with E-state index < -0.39 is 0 Å². The molecule has 0 bridgehead atoms. The van der Waals surface area contributed by atoms with E-state index in [1.54, 1.807) is 0 Å². The second-order valence-corrected chi connectivity index (χ2v) is 4.23. The smallest absolute Gasteiger partial charge is 0.227 e. The van der Waals surface area contributed by atoms with Crippen molar-refractivity contribution in [1.82, 2.24) is 9.97 Å². The number of anilines is 2. The Kier molecular flexibility index (Phi) is 4.34. The zero-order chi connectivity index (χ0) is 13.7. The van der Waals surface area contributed by atoms with Crippen LogP contribution in [0, 0.1) is 0 Å². The van der Waals surface area contributed by atoms with Gasteiger partial charge in [0.2, 0.25) is 5.95 Å². The molecule has 0 fully saturated rings. The van der Waals surface area contributed by atoms with Gasteiger partial charge in [-0.1, -0.05) is 18.2 Å². The quantitative estimate of drug-likeness (QED) is 0.806. The molecule has 100 valence electrons. The summed E-state index contributed by atoms with van der Waals surface area (Å²) in [6.07, 6.45) is 1.83. The molecule has 19 heavy (non-hydrogen) atoms. The van der Waals surface area contributed by atoms with Gasteiger partial charge in [-0.15, -0.1) is 6.58 Å². The minimum Gasteiger partial charge on any atom is -0.366 e. The molecule has 1 heterocycles. The van der Waals surface area contributed by atoms with Crippen molar-refractivity contribution >= 4 is 22.7 Å². The van der Waals surface area contributed by atoms with Crippen LogP contribution in [0.2, 0.25) is 0 Å². The third kappa shape index (κ3) is 2.84. The molecule has 0 spiro atoms. The van der Waals surface area contributed by atoms with Crippen LogP contribution in [0.4, 0.5) is 11.8 Å². The number of hydrogen-bond acceptors (Lipinski definition) is 4. The number of aromatic nitrogens is 2. The largest absolute Gasteiger partial charge is 0.366 e. The molecule has 0 saturated carbocycles. The highest BCUT2D eigenvalue weighted by Crippen LogP contribution is 2.23. The number of hydrogen-bond donors (Lipinski definition) is 1. The fourth-order valence-corrected chi connectivity index (χ4v) is 2.02. The summed E-state index contributed by atoms with van der Waals surface area (Å²) in [4.78, 5) is 11.4. The van der Waals surface area contributed by atoms with E-state index in [0.717, 1.165) is 35.8 Å². The van der Waals surface area contributed by atoms with Gasteiger partial charge in [0.1, 0.15) is 5.82 Å². The average Bonchev–Trinajstić information content (AvgIpc) is 2.46. The molecule has 2 rings (SSSR count). The highest BCUT2D eigenvalue weighted by atomic mass is 15.3. The molecule has 0 aliphatic rings. The van der Waals surface area contributed by atoms with Crippen molar-refractivity contribution in [3.05, 3.63) is 36.9 Å². The van der Waals surface area contributed by atoms with Crippen molar-refractivity contribution in [2.24, 2.45) is 0 Å². The van der Waals surface area contributed by atoms with Gasteiger partial charge < -0.3 is 10.2 Å². The van der Waals surface area contributed by atoms with Crippen molar-refractivity contribution < 1.29 is 0 Å². The molecule has 1 aromatic heterocycles. The van der Waals surface area contributed by atoms with Crippen LogP contribution in [0.25, 0.3) is 10.9 Å². The van der Waals surface area contributed by atoms with Crippen LogP contribution in [-0.4, -0.2) is 29.6 Å². The Bertz CT molecular complexity index is 561. The van der Waals surface area contributed by atoms with Gasteiger partial charge in [0.15, 0.2) is 0 Å². The van der Waals surface area contributed by atoms with Crippen molar-refractivity contribution in [3.63, 3.8) is 0 Å². The van der Waals surface area contributed by atoms with E-state index >= 15 is 0 Å². The maximum Gasteiger partial charge on any atom is 0.227 e. The molecule has 1 N–H and O–H groups in total. The van der Waals surface area contributed by atoms with Gasteiger partial charge in [-0.25, -0.2) is 4.98 Å². The monoisotopic (exact) mass is 256 g/mol. The summed E-state index contributed by atoms with van der Waals surface area (Å²) in [5.74, 6) is 1.64. The van der Waals surface area contributed by atoms with Gasteiger partial charge in [0.05, 0.1) is 5.52 Å². The molecule has 0 atom stereocenters. The van der Waals surface area contributed by atoms with Gasteiger partial charge in [-0.2, -0.15) is 4.98 Å². The highest BCUT2D eigenvalue weighted by Gasteiger charge is 2.10. The Morgan fingerprint density at radius 2 is 1.95 bits per heavy atom. The lowest BCUT2D eigenvalue weighted by Crippen LogP contribution is -2.24. The minimum absolute atomic E-state index is 0.693. The van der Waals surface area contributed by atoms with Crippen molar-refractivity contribution in [3.8, 4) is 0 Å². The van der Waals surface area contributed by atoms with E-state index in [9.17, 15) is 0 Å². The summed E-state index contributed by atoms with van der Waals surface area (Å²) in [7, 11) is 0. The zero-order valence-corrected chi connectivity index (χ0v) is 11.6. The van der Waals surface area contributed by atoms with E-state index in [0.29, 0.717) is 6.54 Å². The number of para-hydroxylation sites is 1. The number of fused-ring (bicyclic) bond motifs is 1. The molecule has 0 radical (unpaired) electrons. The van der Waals surface area contributed by atoms with Crippen molar-refractivity contribution in [2.75, 3.05) is 29.9 Å². The third-order valence-electron chi connectivity index (χ3n) is 3.05. The summed E-state index contributed by atoms with van der Waals surface area (Å²) in [5, 5.41) is 4.33. The van der Waals surface area contributed by atoms with Crippen LogP contribution in [-0.2, 0) is 0 Å². The van der Waals surface area contributed by atoms with E-state index in [2.05, 4.69) is 40.6 Å². The molecule has 0 amide bonds. The molecule has 4 nitrogen and oxygen atoms in total. The summed E-state index contributed by atoms with van der Waals surface area (Å²) in [6.45, 7) is 10.4. The van der Waals surface area contributed by atoms with Crippen LogP contribution in [0.3, 0.4) is 0 Å². The summed E-state index contributed by atoms with van der Waals surface area (Å²) >= 11 is 0. The van der Waals surface area contributed by atoms with Crippen molar-refractivity contribution in [1.29, 1.82) is 0 Å². The Labute approximate surface area is 114 Å². The molecule has 4 heteroatoms. The second-order valence-electron chi connectivity index (χ2n) is 4.23. The van der Waals surface area contributed by atoms with Crippen LogP contribution in [0.15, 0.2) is 36.9 Å². The van der Waals surface area contributed by atoms with Gasteiger partial charge in [0.25, 0.3) is 0 Å². The maximum absolute atomic E-state index is 4.64. The van der Waals surface area contributed by atoms with E-state index in [4.69, 9.17) is 0 Å². The van der Waals surface area contributed by atoms with Crippen LogP contribution >= 0.6 is 0 Å². The lowest BCUT2D eigenvalue weighted by molar-refractivity contribution is 0.826. The maximum atomic E-state index is 4.64. The standard InChI is InChI=1S/C15H20N4/c1-4-11-16-14-12-9-7-8-10-13(12)17-15(18-14)19(5-2)6-3/h4,7-10H,1,5-6,11H2,2-3H3,(H,16,17,18). The third-order valence-corrected chi connectivity index (χ3v) is 3.05. The highest BCUT2D eigenvalue weighted by molar-refractivity contribution is 5.90. The van der Waals surface area contributed by atoms with Crippen LogP contribution in [0.1, 0.15) is 13.8 Å². The molecule has 1 aromatic carbocycles. The second kappa shape index (κ2) is 6.18. The van der Waals surface area contributed by atoms with Gasteiger partial charge >= 0.3 is 0 Å².